The Morgan fingerprint density at radius 2 is 1.86 bits per heavy atom. The van der Waals surface area contributed by atoms with Gasteiger partial charge in [0.05, 0.1) is 26.7 Å². The first kappa shape index (κ1) is 25.2. The number of hydrogen-bond donors (Lipinski definition) is 3. The predicted octanol–water partition coefficient (Wildman–Crippen LogP) is 4.59. The van der Waals surface area contributed by atoms with Crippen molar-refractivity contribution in [2.45, 2.75) is 18.9 Å². The Labute approximate surface area is 208 Å². The third kappa shape index (κ3) is 5.21. The smallest absolute Gasteiger partial charge is 0.169 e. The maximum Gasteiger partial charge on any atom is 0.169 e. The molecule has 3 aromatic rings. The molecule has 9 heteroatoms. The number of anilines is 2. The Hall–Kier alpha value is -3.85. The highest BCUT2D eigenvalue weighted by Gasteiger charge is 2.36. The number of hydrogen-bond acceptors (Lipinski definition) is 7. The number of fused-ring (bicyclic) bond motifs is 1. The summed E-state index contributed by atoms with van der Waals surface area (Å²) in [6.07, 6.45) is 0. The average Bonchev–Trinajstić information content (AvgIpc) is 3.29. The van der Waals surface area contributed by atoms with E-state index in [2.05, 4.69) is 10.6 Å². The van der Waals surface area contributed by atoms with E-state index in [4.69, 9.17) is 19.3 Å². The molecule has 0 bridgehead atoms. The summed E-state index contributed by atoms with van der Waals surface area (Å²) in [4.78, 5) is 14.0. The lowest BCUT2D eigenvalue weighted by Gasteiger charge is -2.25. The van der Waals surface area contributed by atoms with Crippen molar-refractivity contribution in [2.75, 3.05) is 44.6 Å². The molecule has 0 amide bonds. The molecule has 1 aliphatic rings. The number of nitrogens with one attached hydrogen (secondary N) is 2. The fraction of sp³-hybridized carbons (Fsp3) is 0.296. The number of carbonyl (C=O) groups excluding carboxylic acids is 1. The molecule has 3 N–H and O–H groups in total. The number of halogens is 2. The molecule has 1 aliphatic heterocycles. The van der Waals surface area contributed by atoms with Crippen LogP contribution in [-0.4, -0.2) is 44.9 Å². The molecule has 2 unspecified atom stereocenters. The minimum Gasteiger partial charge on any atom is -0.497 e. The summed E-state index contributed by atoms with van der Waals surface area (Å²) in [5.74, 6) is -0.746. The second-order valence-electron chi connectivity index (χ2n) is 8.46. The molecule has 0 fully saturated rings. The van der Waals surface area contributed by atoms with Gasteiger partial charge in [-0.25, -0.2) is 8.78 Å². The van der Waals surface area contributed by atoms with Gasteiger partial charge in [-0.15, -0.1) is 0 Å². The largest absolute Gasteiger partial charge is 0.497 e. The van der Waals surface area contributed by atoms with Gasteiger partial charge in [-0.05, 0) is 42.3 Å². The molecule has 0 spiro atoms. The quantitative estimate of drug-likeness (QED) is 0.377. The second kappa shape index (κ2) is 10.8. The van der Waals surface area contributed by atoms with E-state index in [0.717, 1.165) is 5.69 Å². The van der Waals surface area contributed by atoms with E-state index in [1.807, 2.05) is 0 Å². The Balaban J connectivity index is 1.77. The molecular weight excluding hydrogens is 470 g/mol. The average molecular weight is 499 g/mol. The summed E-state index contributed by atoms with van der Waals surface area (Å²) in [7, 11) is 2.90. The monoisotopic (exact) mass is 498 g/mol. The van der Waals surface area contributed by atoms with Crippen molar-refractivity contribution >= 4 is 17.2 Å². The van der Waals surface area contributed by atoms with Crippen LogP contribution in [0.3, 0.4) is 0 Å². The van der Waals surface area contributed by atoms with Crippen LogP contribution in [0.25, 0.3) is 0 Å². The first-order chi connectivity index (χ1) is 17.3. The van der Waals surface area contributed by atoms with Crippen molar-refractivity contribution in [3.8, 4) is 17.2 Å². The van der Waals surface area contributed by atoms with Crippen LogP contribution in [0.15, 0.2) is 48.5 Å². The van der Waals surface area contributed by atoms with Crippen LogP contribution in [0.5, 0.6) is 17.2 Å². The predicted molar refractivity (Wildman–Crippen MR) is 132 cm³/mol. The van der Waals surface area contributed by atoms with Crippen LogP contribution in [0.4, 0.5) is 20.2 Å². The van der Waals surface area contributed by atoms with Gasteiger partial charge in [-0.3, -0.25) is 4.79 Å². The van der Waals surface area contributed by atoms with Crippen LogP contribution in [0.2, 0.25) is 0 Å². The number of rotatable bonds is 10. The van der Waals surface area contributed by atoms with Gasteiger partial charge in [-0.2, -0.15) is 0 Å². The van der Waals surface area contributed by atoms with Gasteiger partial charge in [0, 0.05) is 47.7 Å². The molecule has 7 nitrogen and oxygen atoms in total. The Bertz CT molecular complexity index is 1270. The zero-order chi connectivity index (χ0) is 25.8. The number of aliphatic hydroxyl groups excluding tert-OH is 1. The first-order valence-corrected chi connectivity index (χ1v) is 11.4. The number of benzene rings is 3. The minimum atomic E-state index is -0.973. The zero-order valence-electron chi connectivity index (χ0n) is 20.2. The highest BCUT2D eigenvalue weighted by molar-refractivity contribution is 5.97. The maximum atomic E-state index is 14.3. The van der Waals surface area contributed by atoms with E-state index in [0.29, 0.717) is 40.4 Å². The number of methoxy groups -OCH3 is 2. The topological polar surface area (TPSA) is 89.1 Å². The van der Waals surface area contributed by atoms with Gasteiger partial charge in [0.15, 0.2) is 5.78 Å². The van der Waals surface area contributed by atoms with Gasteiger partial charge >= 0.3 is 0 Å². The van der Waals surface area contributed by atoms with E-state index in [1.54, 1.807) is 25.1 Å². The van der Waals surface area contributed by atoms with Crippen LogP contribution < -0.4 is 24.8 Å². The van der Waals surface area contributed by atoms with Gasteiger partial charge in [0.1, 0.15) is 41.5 Å². The van der Waals surface area contributed by atoms with Crippen LogP contribution in [0, 0.1) is 18.6 Å². The molecule has 36 heavy (non-hydrogen) atoms. The second-order valence-corrected chi connectivity index (χ2v) is 8.46. The number of carbonyl (C=O) groups is 1. The summed E-state index contributed by atoms with van der Waals surface area (Å²) in [6, 6.07) is 10.8. The van der Waals surface area contributed by atoms with Crippen molar-refractivity contribution in [3.05, 3.63) is 76.9 Å². The Morgan fingerprint density at radius 1 is 1.08 bits per heavy atom. The fourth-order valence-electron chi connectivity index (χ4n) is 4.47. The van der Waals surface area contributed by atoms with E-state index in [-0.39, 0.29) is 24.7 Å². The highest BCUT2D eigenvalue weighted by Crippen LogP contribution is 2.40. The lowest BCUT2D eigenvalue weighted by molar-refractivity contribution is -0.121. The van der Waals surface area contributed by atoms with E-state index in [1.165, 1.54) is 44.6 Å². The number of ketones is 1. The SMILES string of the molecule is COc1cc(NC(C(=O)C2CNc3c(C)cc(F)cc32)c2ccc(F)cc2OC)cc(OCCO)c1. The van der Waals surface area contributed by atoms with Gasteiger partial charge < -0.3 is 30.0 Å². The number of aliphatic hydroxyl groups is 1. The molecule has 190 valence electrons. The first-order valence-electron chi connectivity index (χ1n) is 11.4. The lowest BCUT2D eigenvalue weighted by atomic mass is 9.88. The third-order valence-corrected chi connectivity index (χ3v) is 6.11. The molecule has 4 rings (SSSR count). The van der Waals surface area contributed by atoms with Gasteiger partial charge in [-0.1, -0.05) is 0 Å². The molecule has 0 aromatic heterocycles. The Kier molecular flexibility index (Phi) is 7.59. The Morgan fingerprint density at radius 3 is 2.58 bits per heavy atom. The van der Waals surface area contributed by atoms with E-state index in [9.17, 15) is 13.6 Å². The van der Waals surface area contributed by atoms with Crippen molar-refractivity contribution in [2.24, 2.45) is 0 Å². The summed E-state index contributed by atoms with van der Waals surface area (Å²) in [5, 5.41) is 15.6. The van der Waals surface area contributed by atoms with Gasteiger partial charge in [0.25, 0.3) is 0 Å². The maximum absolute atomic E-state index is 14.3. The van der Waals surface area contributed by atoms with Crippen molar-refractivity contribution in [1.82, 2.24) is 0 Å². The van der Waals surface area contributed by atoms with Crippen LogP contribution >= 0.6 is 0 Å². The zero-order valence-corrected chi connectivity index (χ0v) is 20.2. The van der Waals surface area contributed by atoms with E-state index >= 15 is 0 Å². The molecule has 0 aliphatic carbocycles. The number of aryl methyl sites for hydroxylation is 1. The molecular formula is C27H28F2N2O5. The van der Waals surface area contributed by atoms with Gasteiger partial charge in [0.2, 0.25) is 0 Å². The fourth-order valence-corrected chi connectivity index (χ4v) is 4.47. The van der Waals surface area contributed by atoms with E-state index < -0.39 is 23.6 Å². The molecule has 0 saturated heterocycles. The third-order valence-electron chi connectivity index (χ3n) is 6.11. The van der Waals surface area contributed by atoms with Crippen molar-refractivity contribution in [3.63, 3.8) is 0 Å². The molecule has 0 saturated carbocycles. The van der Waals surface area contributed by atoms with Crippen molar-refractivity contribution < 1.29 is 32.9 Å². The summed E-state index contributed by atoms with van der Waals surface area (Å²) >= 11 is 0. The summed E-state index contributed by atoms with van der Waals surface area (Å²) in [5.41, 5.74) is 2.94. The molecule has 2 atom stereocenters. The summed E-state index contributed by atoms with van der Waals surface area (Å²) < 4.78 is 44.6. The standard InChI is InChI=1S/C27H28F2N2O5/c1-15-8-17(29)9-22-23(14-30-25(15)22)27(33)26(21-5-4-16(28)10-24(21)35-3)31-18-11-19(34-2)13-20(12-18)36-7-6-32/h4-5,8-13,23,26,30-32H,6-7,14H2,1-3H3. The molecule has 3 aromatic carbocycles. The van der Waals surface area contributed by atoms with Crippen molar-refractivity contribution in [1.29, 1.82) is 0 Å². The van der Waals surface area contributed by atoms with Crippen LogP contribution in [-0.2, 0) is 4.79 Å². The highest BCUT2D eigenvalue weighted by atomic mass is 19.1. The summed E-state index contributed by atoms with van der Waals surface area (Å²) in [6.45, 7) is 1.99. The lowest BCUT2D eigenvalue weighted by Crippen LogP contribution is -2.28. The molecule has 0 radical (unpaired) electrons. The molecule has 1 heterocycles. The minimum absolute atomic E-state index is 0.0796. The normalized spacial score (nSPS) is 15.0. The number of Topliss-reactive ketones (excluding diaryl/α,β-unsaturated/α-hetero) is 1. The number of ether oxygens (including phenoxy) is 3. The van der Waals surface area contributed by atoms with Crippen LogP contribution in [0.1, 0.15) is 28.7 Å².